The average molecular weight is 275 g/mol. The van der Waals surface area contributed by atoms with E-state index in [1.807, 2.05) is 0 Å². The molecule has 0 aliphatic heterocycles. The first-order valence-corrected chi connectivity index (χ1v) is 7.35. The Morgan fingerprint density at radius 2 is 2.06 bits per heavy atom. The second-order valence-electron chi connectivity index (χ2n) is 4.64. The van der Waals surface area contributed by atoms with Crippen LogP contribution in [-0.4, -0.2) is 45.2 Å². The number of rotatable bonds is 6. The SMILES string of the molecule is CC(=O)NC(CCSC1CCCCC1O)C(=O)O. The fourth-order valence-electron chi connectivity index (χ4n) is 2.11. The van der Waals surface area contributed by atoms with Crippen molar-refractivity contribution in [1.29, 1.82) is 0 Å². The first-order valence-electron chi connectivity index (χ1n) is 6.30. The molecule has 1 saturated carbocycles. The lowest BCUT2D eigenvalue weighted by Gasteiger charge is -2.27. The summed E-state index contributed by atoms with van der Waals surface area (Å²) < 4.78 is 0. The van der Waals surface area contributed by atoms with E-state index in [1.165, 1.54) is 6.92 Å². The first kappa shape index (κ1) is 15.3. The summed E-state index contributed by atoms with van der Waals surface area (Å²) in [5.74, 6) is -0.695. The Kier molecular flexibility index (Phi) is 6.49. The van der Waals surface area contributed by atoms with E-state index in [4.69, 9.17) is 5.11 Å². The van der Waals surface area contributed by atoms with Gasteiger partial charge in [0.25, 0.3) is 0 Å². The highest BCUT2D eigenvalue weighted by Crippen LogP contribution is 2.29. The lowest BCUT2D eigenvalue weighted by Crippen LogP contribution is -2.40. The summed E-state index contributed by atoms with van der Waals surface area (Å²) in [7, 11) is 0. The van der Waals surface area contributed by atoms with Gasteiger partial charge < -0.3 is 15.5 Å². The van der Waals surface area contributed by atoms with Crippen molar-refractivity contribution in [2.45, 2.75) is 56.4 Å². The molecule has 3 unspecified atom stereocenters. The summed E-state index contributed by atoms with van der Waals surface area (Å²) in [4.78, 5) is 21.8. The summed E-state index contributed by atoms with van der Waals surface area (Å²) in [5.41, 5.74) is 0. The third-order valence-corrected chi connectivity index (χ3v) is 4.53. The van der Waals surface area contributed by atoms with Gasteiger partial charge in [-0.15, -0.1) is 0 Å². The standard InChI is InChI=1S/C12H21NO4S/c1-8(14)13-9(12(16)17)6-7-18-11-5-3-2-4-10(11)15/h9-11,15H,2-7H2,1H3,(H,13,14)(H,16,17). The van der Waals surface area contributed by atoms with Crippen LogP contribution in [0.1, 0.15) is 39.0 Å². The van der Waals surface area contributed by atoms with Crippen LogP contribution in [0, 0.1) is 0 Å². The largest absolute Gasteiger partial charge is 0.480 e. The number of carbonyl (C=O) groups excluding carboxylic acids is 1. The van der Waals surface area contributed by atoms with Crippen LogP contribution in [0.15, 0.2) is 0 Å². The number of aliphatic hydroxyl groups excluding tert-OH is 1. The van der Waals surface area contributed by atoms with Crippen LogP contribution in [0.5, 0.6) is 0 Å². The number of thioether (sulfide) groups is 1. The number of carboxylic acids is 1. The minimum Gasteiger partial charge on any atom is -0.480 e. The Balaban J connectivity index is 2.29. The molecule has 0 saturated heterocycles. The van der Waals surface area contributed by atoms with Crippen molar-refractivity contribution in [2.24, 2.45) is 0 Å². The van der Waals surface area contributed by atoms with E-state index >= 15 is 0 Å². The van der Waals surface area contributed by atoms with Gasteiger partial charge >= 0.3 is 5.97 Å². The van der Waals surface area contributed by atoms with Crippen LogP contribution in [0.4, 0.5) is 0 Å². The Morgan fingerprint density at radius 1 is 1.39 bits per heavy atom. The van der Waals surface area contributed by atoms with Crippen molar-refractivity contribution < 1.29 is 19.8 Å². The Hall–Kier alpha value is -0.750. The molecule has 0 radical (unpaired) electrons. The van der Waals surface area contributed by atoms with Gasteiger partial charge in [0.15, 0.2) is 0 Å². The summed E-state index contributed by atoms with van der Waals surface area (Å²) in [5, 5.41) is 21.3. The molecule has 0 spiro atoms. The van der Waals surface area contributed by atoms with E-state index in [1.54, 1.807) is 11.8 Å². The van der Waals surface area contributed by atoms with Crippen LogP contribution in [-0.2, 0) is 9.59 Å². The van der Waals surface area contributed by atoms with Gasteiger partial charge in [0, 0.05) is 12.2 Å². The monoisotopic (exact) mass is 275 g/mol. The molecule has 0 aromatic heterocycles. The molecule has 6 heteroatoms. The summed E-state index contributed by atoms with van der Waals surface area (Å²) in [6.07, 6.45) is 4.15. The normalized spacial score (nSPS) is 25.4. The number of carboxylic acid groups (broad SMARTS) is 1. The molecule has 1 rings (SSSR count). The summed E-state index contributed by atoms with van der Waals surface area (Å²) >= 11 is 1.61. The van der Waals surface area contributed by atoms with Crippen molar-refractivity contribution >= 4 is 23.6 Å². The molecule has 0 aromatic carbocycles. The maximum atomic E-state index is 10.9. The zero-order chi connectivity index (χ0) is 13.5. The lowest BCUT2D eigenvalue weighted by molar-refractivity contribution is -0.141. The average Bonchev–Trinajstić information content (AvgIpc) is 2.29. The molecule has 1 aliphatic carbocycles. The van der Waals surface area contributed by atoms with Gasteiger partial charge in [-0.05, 0) is 25.0 Å². The van der Waals surface area contributed by atoms with E-state index in [0.717, 1.165) is 25.7 Å². The summed E-state index contributed by atoms with van der Waals surface area (Å²) in [6.45, 7) is 1.31. The third-order valence-electron chi connectivity index (χ3n) is 3.08. The molecule has 3 atom stereocenters. The van der Waals surface area contributed by atoms with E-state index in [9.17, 15) is 14.7 Å². The zero-order valence-corrected chi connectivity index (χ0v) is 11.4. The molecule has 1 amide bonds. The van der Waals surface area contributed by atoms with Crippen molar-refractivity contribution in [1.82, 2.24) is 5.32 Å². The predicted molar refractivity (Wildman–Crippen MR) is 70.6 cm³/mol. The van der Waals surface area contributed by atoms with Crippen molar-refractivity contribution in [3.05, 3.63) is 0 Å². The number of aliphatic carboxylic acids is 1. The van der Waals surface area contributed by atoms with Gasteiger partial charge in [0.05, 0.1) is 6.10 Å². The maximum absolute atomic E-state index is 10.9. The highest BCUT2D eigenvalue weighted by atomic mass is 32.2. The third kappa shape index (κ3) is 5.27. The fourth-order valence-corrected chi connectivity index (χ4v) is 3.48. The minimum atomic E-state index is -1.00. The van der Waals surface area contributed by atoms with Crippen molar-refractivity contribution in [3.8, 4) is 0 Å². The molecule has 104 valence electrons. The predicted octanol–water partition coefficient (Wildman–Crippen LogP) is 1.00. The van der Waals surface area contributed by atoms with Crippen LogP contribution < -0.4 is 5.32 Å². The van der Waals surface area contributed by atoms with Crippen LogP contribution in [0.25, 0.3) is 0 Å². The first-order chi connectivity index (χ1) is 8.50. The van der Waals surface area contributed by atoms with Gasteiger partial charge in [-0.1, -0.05) is 12.8 Å². The molecule has 0 heterocycles. The van der Waals surface area contributed by atoms with Gasteiger partial charge in [-0.2, -0.15) is 11.8 Å². The van der Waals surface area contributed by atoms with Gasteiger partial charge in [0.1, 0.15) is 6.04 Å². The van der Waals surface area contributed by atoms with E-state index < -0.39 is 12.0 Å². The second kappa shape index (κ2) is 7.63. The number of aliphatic hydroxyl groups is 1. The molecule has 18 heavy (non-hydrogen) atoms. The van der Waals surface area contributed by atoms with Crippen molar-refractivity contribution in [2.75, 3.05) is 5.75 Å². The van der Waals surface area contributed by atoms with Crippen LogP contribution in [0.3, 0.4) is 0 Å². The van der Waals surface area contributed by atoms with Crippen molar-refractivity contribution in [3.63, 3.8) is 0 Å². The maximum Gasteiger partial charge on any atom is 0.326 e. The van der Waals surface area contributed by atoms with Gasteiger partial charge in [-0.3, -0.25) is 4.79 Å². The van der Waals surface area contributed by atoms with E-state index in [0.29, 0.717) is 12.2 Å². The Bertz CT molecular complexity index is 298. The lowest BCUT2D eigenvalue weighted by atomic mass is 9.97. The van der Waals surface area contributed by atoms with Crippen LogP contribution in [0.2, 0.25) is 0 Å². The molecule has 0 aromatic rings. The van der Waals surface area contributed by atoms with Gasteiger partial charge in [0.2, 0.25) is 5.91 Å². The molecule has 3 N–H and O–H groups in total. The smallest absolute Gasteiger partial charge is 0.326 e. The zero-order valence-electron chi connectivity index (χ0n) is 10.6. The minimum absolute atomic E-state index is 0.213. The Labute approximate surface area is 111 Å². The molecule has 5 nitrogen and oxygen atoms in total. The molecule has 1 fully saturated rings. The molecular formula is C12H21NO4S. The topological polar surface area (TPSA) is 86.6 Å². The molecular weight excluding hydrogens is 254 g/mol. The van der Waals surface area contributed by atoms with E-state index in [-0.39, 0.29) is 17.3 Å². The number of nitrogens with one attached hydrogen (secondary N) is 1. The highest BCUT2D eigenvalue weighted by molar-refractivity contribution is 7.99. The number of hydrogen-bond donors (Lipinski definition) is 3. The number of amides is 1. The molecule has 0 bridgehead atoms. The number of hydrogen-bond acceptors (Lipinski definition) is 4. The van der Waals surface area contributed by atoms with E-state index in [2.05, 4.69) is 5.32 Å². The van der Waals surface area contributed by atoms with Gasteiger partial charge in [-0.25, -0.2) is 4.79 Å². The highest BCUT2D eigenvalue weighted by Gasteiger charge is 2.24. The quantitative estimate of drug-likeness (QED) is 0.673. The Morgan fingerprint density at radius 3 is 2.61 bits per heavy atom. The molecule has 1 aliphatic rings. The fraction of sp³-hybridized carbons (Fsp3) is 0.833. The van der Waals surface area contributed by atoms with Crippen LogP contribution >= 0.6 is 11.8 Å². The second-order valence-corrected chi connectivity index (χ2v) is 5.99. The number of carbonyl (C=O) groups is 2. The summed E-state index contributed by atoms with van der Waals surface area (Å²) in [6, 6.07) is -0.823.